The first kappa shape index (κ1) is 20.7. The van der Waals surface area contributed by atoms with E-state index < -0.39 is 5.97 Å². The smallest absolute Gasteiger partial charge is 0.304 e. The van der Waals surface area contributed by atoms with Crippen LogP contribution < -0.4 is 9.47 Å². The van der Waals surface area contributed by atoms with Crippen molar-refractivity contribution in [3.05, 3.63) is 58.1 Å². The Bertz CT molecular complexity index is 989. The number of benzene rings is 2. The maximum Gasteiger partial charge on any atom is 0.304 e. The molecule has 0 amide bonds. The quantitative estimate of drug-likeness (QED) is 0.655. The molecule has 3 aliphatic rings. The van der Waals surface area contributed by atoms with Crippen molar-refractivity contribution >= 4 is 17.6 Å². The predicted molar refractivity (Wildman–Crippen MR) is 119 cm³/mol. The first-order valence-corrected chi connectivity index (χ1v) is 11.5. The molecule has 2 heterocycles. The van der Waals surface area contributed by atoms with Gasteiger partial charge >= 0.3 is 5.97 Å². The molecule has 2 aromatic rings. The van der Waals surface area contributed by atoms with Crippen LogP contribution in [0.4, 0.5) is 0 Å². The lowest BCUT2D eigenvalue weighted by Gasteiger charge is -2.39. The lowest BCUT2D eigenvalue weighted by atomic mass is 9.75. The molecule has 5 rings (SSSR count). The fourth-order valence-corrected chi connectivity index (χ4v) is 5.35. The van der Waals surface area contributed by atoms with Crippen LogP contribution in [0.15, 0.2) is 36.4 Å². The number of carboxylic acid groups (broad SMARTS) is 1. The van der Waals surface area contributed by atoms with Crippen molar-refractivity contribution in [3.8, 4) is 11.5 Å². The molecule has 2 aliphatic heterocycles. The van der Waals surface area contributed by atoms with E-state index in [1.807, 2.05) is 24.3 Å². The van der Waals surface area contributed by atoms with E-state index in [-0.39, 0.29) is 11.8 Å². The van der Waals surface area contributed by atoms with Gasteiger partial charge in [-0.15, -0.1) is 0 Å². The summed E-state index contributed by atoms with van der Waals surface area (Å²) in [5.74, 6) is 1.55. The summed E-state index contributed by atoms with van der Waals surface area (Å²) in [5.41, 5.74) is 3.57. The van der Waals surface area contributed by atoms with E-state index in [1.54, 1.807) is 0 Å². The van der Waals surface area contributed by atoms with Gasteiger partial charge in [0, 0.05) is 40.7 Å². The van der Waals surface area contributed by atoms with E-state index in [4.69, 9.17) is 26.2 Å². The summed E-state index contributed by atoms with van der Waals surface area (Å²) in [5, 5.41) is 9.78. The Morgan fingerprint density at radius 1 is 1.29 bits per heavy atom. The Hall–Kier alpha value is -2.24. The van der Waals surface area contributed by atoms with Crippen molar-refractivity contribution in [2.24, 2.45) is 0 Å². The van der Waals surface area contributed by atoms with Crippen LogP contribution in [0.3, 0.4) is 0 Å². The third-order valence-corrected chi connectivity index (χ3v) is 7.24. The SMILES string of the molecule is O=C(O)CCN1CCCC2(COc3cc(OCc4c(Cl)cccc4C4CC4)ccc32)C1. The highest BCUT2D eigenvalue weighted by Gasteiger charge is 2.44. The number of likely N-dealkylation sites (tertiary alicyclic amines) is 1. The molecule has 0 bridgehead atoms. The maximum absolute atomic E-state index is 11.0. The molecule has 1 aliphatic carbocycles. The Morgan fingerprint density at radius 3 is 2.97 bits per heavy atom. The van der Waals surface area contributed by atoms with Crippen LogP contribution in [0.5, 0.6) is 11.5 Å². The average molecular weight is 442 g/mol. The first-order chi connectivity index (χ1) is 15.0. The number of hydrogen-bond donors (Lipinski definition) is 1. The third kappa shape index (κ3) is 4.26. The van der Waals surface area contributed by atoms with E-state index in [9.17, 15) is 4.79 Å². The molecule has 2 aromatic carbocycles. The number of carboxylic acids is 1. The molecule has 1 saturated carbocycles. The summed E-state index contributed by atoms with van der Waals surface area (Å²) in [4.78, 5) is 13.2. The number of aliphatic carboxylic acids is 1. The highest BCUT2D eigenvalue weighted by Crippen LogP contribution is 2.46. The second-order valence-electron chi connectivity index (χ2n) is 9.12. The van der Waals surface area contributed by atoms with Crippen LogP contribution in [-0.4, -0.2) is 42.2 Å². The molecule has 5 nitrogen and oxygen atoms in total. The molecule has 1 spiro atoms. The lowest BCUT2D eigenvalue weighted by molar-refractivity contribution is -0.137. The number of carbonyl (C=O) groups is 1. The normalized spacial score (nSPS) is 22.9. The van der Waals surface area contributed by atoms with Crippen molar-refractivity contribution < 1.29 is 19.4 Å². The molecule has 6 heteroatoms. The fourth-order valence-electron chi connectivity index (χ4n) is 5.11. The van der Waals surface area contributed by atoms with Crippen molar-refractivity contribution in [3.63, 3.8) is 0 Å². The Labute approximate surface area is 187 Å². The number of rotatable bonds is 7. The molecule has 0 aromatic heterocycles. The van der Waals surface area contributed by atoms with E-state index in [2.05, 4.69) is 17.0 Å². The Morgan fingerprint density at radius 2 is 2.16 bits per heavy atom. The Balaban J connectivity index is 1.29. The molecule has 1 atom stereocenters. The van der Waals surface area contributed by atoms with Crippen LogP contribution in [0.25, 0.3) is 0 Å². The van der Waals surface area contributed by atoms with E-state index in [0.29, 0.717) is 25.7 Å². The van der Waals surface area contributed by atoms with Crippen LogP contribution in [0, 0.1) is 0 Å². The van der Waals surface area contributed by atoms with Gasteiger partial charge in [-0.1, -0.05) is 29.8 Å². The topological polar surface area (TPSA) is 59.0 Å². The minimum absolute atomic E-state index is 0.0491. The molecule has 2 fully saturated rings. The highest BCUT2D eigenvalue weighted by atomic mass is 35.5. The number of piperidine rings is 1. The van der Waals surface area contributed by atoms with Gasteiger partial charge < -0.3 is 19.5 Å². The maximum atomic E-state index is 11.0. The standard InChI is InChI=1S/C25H28ClNO4/c26-22-4-1-3-19(17-5-6-17)20(22)14-30-18-7-8-21-23(13-18)31-16-25(21)10-2-11-27(15-25)12-9-24(28)29/h1,3-4,7-8,13,17H,2,5-6,9-12,14-16H2,(H,28,29). The van der Waals surface area contributed by atoms with Gasteiger partial charge in [0.25, 0.3) is 0 Å². The Kier molecular flexibility index (Phi) is 5.57. The molecule has 31 heavy (non-hydrogen) atoms. The molecular weight excluding hydrogens is 414 g/mol. The van der Waals surface area contributed by atoms with Crippen LogP contribution in [0.2, 0.25) is 5.02 Å². The summed E-state index contributed by atoms with van der Waals surface area (Å²) >= 11 is 6.47. The lowest BCUT2D eigenvalue weighted by Crippen LogP contribution is -2.47. The van der Waals surface area contributed by atoms with Gasteiger partial charge in [0.1, 0.15) is 18.1 Å². The van der Waals surface area contributed by atoms with Gasteiger partial charge in [0.05, 0.1) is 13.0 Å². The number of halogens is 1. The van der Waals surface area contributed by atoms with Crippen molar-refractivity contribution in [1.29, 1.82) is 0 Å². The molecule has 1 N–H and O–H groups in total. The second-order valence-corrected chi connectivity index (χ2v) is 9.53. The van der Waals surface area contributed by atoms with E-state index >= 15 is 0 Å². The van der Waals surface area contributed by atoms with Gasteiger partial charge in [0.2, 0.25) is 0 Å². The molecule has 0 radical (unpaired) electrons. The number of fused-ring (bicyclic) bond motifs is 2. The summed E-state index contributed by atoms with van der Waals surface area (Å²) in [7, 11) is 0. The largest absolute Gasteiger partial charge is 0.492 e. The van der Waals surface area contributed by atoms with Crippen molar-refractivity contribution in [1.82, 2.24) is 4.90 Å². The van der Waals surface area contributed by atoms with Gasteiger partial charge in [-0.3, -0.25) is 4.79 Å². The zero-order valence-electron chi connectivity index (χ0n) is 17.6. The van der Waals surface area contributed by atoms with Crippen LogP contribution in [0.1, 0.15) is 54.7 Å². The summed E-state index contributed by atoms with van der Waals surface area (Å²) in [6.45, 7) is 3.49. The zero-order chi connectivity index (χ0) is 21.4. The average Bonchev–Trinajstić information content (AvgIpc) is 3.56. The van der Waals surface area contributed by atoms with Gasteiger partial charge in [0.15, 0.2) is 0 Å². The molecular formula is C25H28ClNO4. The third-order valence-electron chi connectivity index (χ3n) is 6.88. The van der Waals surface area contributed by atoms with E-state index in [1.165, 1.54) is 24.0 Å². The number of ether oxygens (including phenoxy) is 2. The highest BCUT2D eigenvalue weighted by molar-refractivity contribution is 6.31. The van der Waals surface area contributed by atoms with Crippen molar-refractivity contribution in [2.75, 3.05) is 26.2 Å². The zero-order valence-corrected chi connectivity index (χ0v) is 18.4. The summed E-state index contributed by atoms with van der Waals surface area (Å²) < 4.78 is 12.2. The monoisotopic (exact) mass is 441 g/mol. The number of hydrogen-bond acceptors (Lipinski definition) is 4. The minimum atomic E-state index is -0.743. The summed E-state index contributed by atoms with van der Waals surface area (Å²) in [6, 6.07) is 12.3. The van der Waals surface area contributed by atoms with Crippen molar-refractivity contribution in [2.45, 2.75) is 50.0 Å². The minimum Gasteiger partial charge on any atom is -0.492 e. The van der Waals surface area contributed by atoms with Gasteiger partial charge in [-0.25, -0.2) is 0 Å². The first-order valence-electron chi connectivity index (χ1n) is 11.2. The van der Waals surface area contributed by atoms with E-state index in [0.717, 1.165) is 48.0 Å². The fraction of sp³-hybridized carbons (Fsp3) is 0.480. The van der Waals surface area contributed by atoms with Crippen LogP contribution >= 0.6 is 11.6 Å². The van der Waals surface area contributed by atoms with Crippen LogP contribution in [-0.2, 0) is 16.8 Å². The van der Waals surface area contributed by atoms with Gasteiger partial charge in [-0.2, -0.15) is 0 Å². The molecule has 1 unspecified atom stereocenters. The summed E-state index contributed by atoms with van der Waals surface area (Å²) in [6.07, 6.45) is 4.75. The van der Waals surface area contributed by atoms with Gasteiger partial charge in [-0.05, 0) is 55.8 Å². The molecule has 164 valence electrons. The second kappa shape index (κ2) is 8.36. The molecule has 1 saturated heterocycles. The predicted octanol–water partition coefficient (Wildman–Crippen LogP) is 5.00. The number of nitrogens with zero attached hydrogens (tertiary/aromatic N) is 1.